The van der Waals surface area contributed by atoms with E-state index < -0.39 is 0 Å². The van der Waals surface area contributed by atoms with Crippen LogP contribution in [0.5, 0.6) is 0 Å². The van der Waals surface area contributed by atoms with E-state index in [-0.39, 0.29) is 5.91 Å². The van der Waals surface area contributed by atoms with E-state index in [0.29, 0.717) is 17.1 Å². The number of unbranched alkanes of at least 4 members (excludes halogenated alkanes) is 3. The van der Waals surface area contributed by atoms with Gasteiger partial charge in [-0.05, 0) is 25.0 Å². The highest BCUT2D eigenvalue weighted by Gasteiger charge is 2.07. The first kappa shape index (κ1) is 15.6. The third kappa shape index (κ3) is 5.23. The second-order valence-corrected chi connectivity index (χ2v) is 5.36. The van der Waals surface area contributed by atoms with Crippen LogP contribution in [0, 0.1) is 0 Å². The van der Waals surface area contributed by atoms with Crippen LogP contribution in [0.4, 0.5) is 0 Å². The van der Waals surface area contributed by atoms with Crippen molar-refractivity contribution in [1.82, 2.24) is 14.9 Å². The summed E-state index contributed by atoms with van der Waals surface area (Å²) in [6, 6.07) is 7.10. The highest BCUT2D eigenvalue weighted by Crippen LogP contribution is 2.14. The summed E-state index contributed by atoms with van der Waals surface area (Å²) in [7, 11) is 0. The molecule has 0 bridgehead atoms. The summed E-state index contributed by atoms with van der Waals surface area (Å²) in [6.45, 7) is 1.70. The topological polar surface area (TPSA) is 46.9 Å². The SMILES string of the molecule is O=C(NCCCCCCn1ccnc1)c1ccccc1Cl. The molecule has 0 aliphatic rings. The van der Waals surface area contributed by atoms with Crippen LogP contribution < -0.4 is 5.32 Å². The van der Waals surface area contributed by atoms with Gasteiger partial charge in [0.25, 0.3) is 5.91 Å². The van der Waals surface area contributed by atoms with Gasteiger partial charge in [-0.3, -0.25) is 4.79 Å². The van der Waals surface area contributed by atoms with Crippen LogP contribution in [0.3, 0.4) is 0 Å². The van der Waals surface area contributed by atoms with Crippen LogP contribution in [0.1, 0.15) is 36.0 Å². The smallest absolute Gasteiger partial charge is 0.252 e. The highest BCUT2D eigenvalue weighted by atomic mass is 35.5. The van der Waals surface area contributed by atoms with Crippen LogP contribution in [-0.2, 0) is 6.54 Å². The summed E-state index contributed by atoms with van der Waals surface area (Å²) in [4.78, 5) is 15.9. The molecular formula is C16H20ClN3O. The number of halogens is 1. The fraction of sp³-hybridized carbons (Fsp3) is 0.375. The Labute approximate surface area is 130 Å². The molecule has 4 nitrogen and oxygen atoms in total. The summed E-state index contributed by atoms with van der Waals surface area (Å²) in [5.74, 6) is -0.0981. The number of amides is 1. The van der Waals surface area contributed by atoms with Gasteiger partial charge < -0.3 is 9.88 Å². The molecule has 0 saturated heterocycles. The van der Waals surface area contributed by atoms with Gasteiger partial charge in [-0.15, -0.1) is 0 Å². The summed E-state index contributed by atoms with van der Waals surface area (Å²) in [5.41, 5.74) is 0.541. The van der Waals surface area contributed by atoms with Gasteiger partial charge in [-0.1, -0.05) is 36.6 Å². The maximum atomic E-state index is 11.9. The lowest BCUT2D eigenvalue weighted by Gasteiger charge is -2.06. The lowest BCUT2D eigenvalue weighted by molar-refractivity contribution is 0.0953. The quantitative estimate of drug-likeness (QED) is 0.758. The van der Waals surface area contributed by atoms with Crippen molar-refractivity contribution in [2.75, 3.05) is 6.54 Å². The van der Waals surface area contributed by atoms with Crippen LogP contribution in [0.25, 0.3) is 0 Å². The Balaban J connectivity index is 1.55. The number of carbonyl (C=O) groups is 1. The standard InChI is InChI=1S/C16H20ClN3O/c17-15-8-4-3-7-14(15)16(21)19-9-5-1-2-6-11-20-12-10-18-13-20/h3-4,7-8,10,12-13H,1-2,5-6,9,11H2,(H,19,21). The first-order chi connectivity index (χ1) is 10.3. The van der Waals surface area contributed by atoms with Gasteiger partial charge in [0.05, 0.1) is 16.9 Å². The minimum Gasteiger partial charge on any atom is -0.352 e. The molecule has 0 aliphatic heterocycles. The van der Waals surface area contributed by atoms with Crippen molar-refractivity contribution in [3.63, 3.8) is 0 Å². The van der Waals surface area contributed by atoms with Crippen LogP contribution in [0.2, 0.25) is 5.02 Å². The number of benzene rings is 1. The van der Waals surface area contributed by atoms with Gasteiger partial charge in [-0.25, -0.2) is 4.98 Å². The maximum absolute atomic E-state index is 11.9. The van der Waals surface area contributed by atoms with Crippen LogP contribution in [-0.4, -0.2) is 22.0 Å². The van der Waals surface area contributed by atoms with Gasteiger partial charge in [-0.2, -0.15) is 0 Å². The highest BCUT2D eigenvalue weighted by molar-refractivity contribution is 6.33. The number of hydrogen-bond acceptors (Lipinski definition) is 2. The summed E-state index contributed by atoms with van der Waals surface area (Å²) in [6.07, 6.45) is 9.99. The number of nitrogens with zero attached hydrogens (tertiary/aromatic N) is 2. The van der Waals surface area contributed by atoms with Crippen molar-refractivity contribution in [1.29, 1.82) is 0 Å². The Hall–Kier alpha value is -1.81. The van der Waals surface area contributed by atoms with E-state index in [0.717, 1.165) is 32.2 Å². The monoisotopic (exact) mass is 305 g/mol. The third-order valence-electron chi connectivity index (χ3n) is 3.31. The Morgan fingerprint density at radius 1 is 1.19 bits per heavy atom. The van der Waals surface area contributed by atoms with Crippen molar-refractivity contribution in [2.45, 2.75) is 32.2 Å². The molecule has 2 aromatic rings. The van der Waals surface area contributed by atoms with Crippen LogP contribution in [0.15, 0.2) is 43.0 Å². The molecule has 0 aliphatic carbocycles. The molecule has 5 heteroatoms. The molecule has 21 heavy (non-hydrogen) atoms. The number of rotatable bonds is 8. The maximum Gasteiger partial charge on any atom is 0.252 e. The number of nitrogens with one attached hydrogen (secondary N) is 1. The molecule has 0 spiro atoms. The zero-order valence-electron chi connectivity index (χ0n) is 12.0. The number of aryl methyl sites for hydroxylation is 1. The molecule has 0 saturated carbocycles. The van der Waals surface area contributed by atoms with Gasteiger partial charge in [0, 0.05) is 25.5 Å². The fourth-order valence-electron chi connectivity index (χ4n) is 2.13. The first-order valence-corrected chi connectivity index (χ1v) is 7.63. The van der Waals surface area contributed by atoms with E-state index in [1.54, 1.807) is 18.3 Å². The Bertz CT molecular complexity index is 554. The first-order valence-electron chi connectivity index (χ1n) is 7.26. The van der Waals surface area contributed by atoms with Crippen molar-refractivity contribution in [2.24, 2.45) is 0 Å². The molecular weight excluding hydrogens is 286 g/mol. The Kier molecular flexibility index (Phi) is 6.28. The fourth-order valence-corrected chi connectivity index (χ4v) is 2.36. The molecule has 0 atom stereocenters. The summed E-state index contributed by atoms with van der Waals surface area (Å²) in [5, 5.41) is 3.40. The molecule has 1 aromatic heterocycles. The van der Waals surface area contributed by atoms with E-state index in [2.05, 4.69) is 14.9 Å². The number of hydrogen-bond donors (Lipinski definition) is 1. The van der Waals surface area contributed by atoms with Crippen LogP contribution >= 0.6 is 11.6 Å². The molecule has 2 rings (SSSR count). The zero-order chi connectivity index (χ0) is 14.9. The van der Waals surface area contributed by atoms with Crippen molar-refractivity contribution in [3.05, 3.63) is 53.6 Å². The molecule has 1 aromatic carbocycles. The average Bonchev–Trinajstić information content (AvgIpc) is 3.00. The van der Waals surface area contributed by atoms with Gasteiger partial charge in [0.2, 0.25) is 0 Å². The number of aromatic nitrogens is 2. The number of carbonyl (C=O) groups excluding carboxylic acids is 1. The second-order valence-electron chi connectivity index (χ2n) is 4.95. The van der Waals surface area contributed by atoms with E-state index in [9.17, 15) is 4.79 Å². The van der Waals surface area contributed by atoms with E-state index in [4.69, 9.17) is 11.6 Å². The minimum atomic E-state index is -0.0981. The van der Waals surface area contributed by atoms with E-state index in [1.165, 1.54) is 0 Å². The molecule has 1 amide bonds. The van der Waals surface area contributed by atoms with Gasteiger partial charge in [0.1, 0.15) is 0 Å². The minimum absolute atomic E-state index is 0.0981. The van der Waals surface area contributed by atoms with Gasteiger partial charge in [0.15, 0.2) is 0 Å². The Morgan fingerprint density at radius 2 is 2.00 bits per heavy atom. The average molecular weight is 306 g/mol. The lowest BCUT2D eigenvalue weighted by atomic mass is 10.2. The molecule has 0 unspecified atom stereocenters. The van der Waals surface area contributed by atoms with E-state index in [1.807, 2.05) is 24.7 Å². The third-order valence-corrected chi connectivity index (χ3v) is 3.64. The number of imidazole rings is 1. The summed E-state index contributed by atoms with van der Waals surface area (Å²) >= 11 is 5.98. The molecule has 0 fully saturated rings. The molecule has 112 valence electrons. The summed E-state index contributed by atoms with van der Waals surface area (Å²) < 4.78 is 2.08. The van der Waals surface area contributed by atoms with Crippen molar-refractivity contribution < 1.29 is 4.79 Å². The van der Waals surface area contributed by atoms with Gasteiger partial charge >= 0.3 is 0 Å². The predicted molar refractivity (Wildman–Crippen MR) is 84.5 cm³/mol. The molecule has 1 N–H and O–H groups in total. The lowest BCUT2D eigenvalue weighted by Crippen LogP contribution is -2.24. The predicted octanol–water partition coefficient (Wildman–Crippen LogP) is 3.53. The van der Waals surface area contributed by atoms with E-state index >= 15 is 0 Å². The zero-order valence-corrected chi connectivity index (χ0v) is 12.7. The van der Waals surface area contributed by atoms with Crippen molar-refractivity contribution in [3.8, 4) is 0 Å². The largest absolute Gasteiger partial charge is 0.352 e. The molecule has 1 heterocycles. The normalized spacial score (nSPS) is 10.5. The second kappa shape index (κ2) is 8.47. The molecule has 0 radical (unpaired) electrons. The van der Waals surface area contributed by atoms with Crippen molar-refractivity contribution >= 4 is 17.5 Å². The Morgan fingerprint density at radius 3 is 2.76 bits per heavy atom.